The number of carbonyl (C=O) groups is 1. The number of nitrogens with zero attached hydrogens (tertiary/aromatic N) is 3. The third-order valence-corrected chi connectivity index (χ3v) is 4.17. The highest BCUT2D eigenvalue weighted by molar-refractivity contribution is 5.74. The van der Waals surface area contributed by atoms with E-state index in [1.54, 1.807) is 17.0 Å². The summed E-state index contributed by atoms with van der Waals surface area (Å²) in [5.74, 6) is -2.06. The van der Waals surface area contributed by atoms with Gasteiger partial charge in [0.15, 0.2) is 0 Å². The molecule has 0 atom stereocenters. The summed E-state index contributed by atoms with van der Waals surface area (Å²) in [6.45, 7) is 0.991. The van der Waals surface area contributed by atoms with Crippen molar-refractivity contribution >= 4 is 6.03 Å². The first-order valence-electron chi connectivity index (χ1n) is 8.01. The van der Waals surface area contributed by atoms with Gasteiger partial charge in [-0.1, -0.05) is 12.1 Å². The van der Waals surface area contributed by atoms with Crippen molar-refractivity contribution < 1.29 is 26.8 Å². The summed E-state index contributed by atoms with van der Waals surface area (Å²) < 4.78 is 55.1. The summed E-state index contributed by atoms with van der Waals surface area (Å²) in [7, 11) is 0. The van der Waals surface area contributed by atoms with Crippen LogP contribution in [0.15, 0.2) is 28.7 Å². The van der Waals surface area contributed by atoms with E-state index in [0.29, 0.717) is 25.9 Å². The minimum absolute atomic E-state index is 0.0521. The van der Waals surface area contributed by atoms with Gasteiger partial charge in [0.2, 0.25) is 5.89 Å². The maximum Gasteiger partial charge on any atom is 0.470 e. The molecule has 0 unspecified atom stereocenters. The molecule has 0 radical (unpaired) electrons. The highest BCUT2D eigenvalue weighted by Gasteiger charge is 2.39. The molecule has 10 heteroatoms. The quantitative estimate of drug-likeness (QED) is 0.839. The molecule has 0 aliphatic carbocycles. The summed E-state index contributed by atoms with van der Waals surface area (Å²) >= 11 is 0. The number of alkyl halides is 3. The molecule has 0 saturated carbocycles. The number of carbonyl (C=O) groups excluding carboxylic acids is 1. The molecule has 6 nitrogen and oxygen atoms in total. The van der Waals surface area contributed by atoms with E-state index < -0.39 is 12.1 Å². The highest BCUT2D eigenvalue weighted by atomic mass is 19.4. The maximum atomic E-state index is 12.8. The highest BCUT2D eigenvalue weighted by Crippen LogP contribution is 2.32. The first kappa shape index (κ1) is 18.2. The molecule has 26 heavy (non-hydrogen) atoms. The second-order valence-electron chi connectivity index (χ2n) is 5.99. The predicted molar refractivity (Wildman–Crippen MR) is 81.5 cm³/mol. The van der Waals surface area contributed by atoms with Crippen molar-refractivity contribution in [2.45, 2.75) is 31.5 Å². The van der Waals surface area contributed by atoms with Crippen LogP contribution in [0.5, 0.6) is 0 Å². The lowest BCUT2D eigenvalue weighted by Gasteiger charge is -2.30. The van der Waals surface area contributed by atoms with Crippen LogP contribution in [0.1, 0.15) is 36.1 Å². The normalized spacial score (nSPS) is 15.9. The summed E-state index contributed by atoms with van der Waals surface area (Å²) in [4.78, 5) is 13.7. The first-order chi connectivity index (χ1) is 12.3. The minimum atomic E-state index is -4.66. The van der Waals surface area contributed by atoms with Crippen LogP contribution in [-0.2, 0) is 12.7 Å². The minimum Gasteiger partial charge on any atom is -0.417 e. The van der Waals surface area contributed by atoms with Crippen LogP contribution < -0.4 is 5.32 Å². The Morgan fingerprint density at radius 2 is 1.85 bits per heavy atom. The standard InChI is InChI=1S/C16H16F4N4O2/c17-12-3-1-10(2-4-12)9-21-15(25)24-7-5-11(6-8-24)13-22-23-14(26-13)16(18,19)20/h1-4,11H,5-9H2,(H,21,25). The van der Waals surface area contributed by atoms with E-state index >= 15 is 0 Å². The molecule has 0 bridgehead atoms. The summed E-state index contributed by atoms with van der Waals surface area (Å²) in [5.41, 5.74) is 0.764. The number of rotatable bonds is 3. The Bertz CT molecular complexity index is 752. The topological polar surface area (TPSA) is 71.3 Å². The van der Waals surface area contributed by atoms with Gasteiger partial charge in [-0.15, -0.1) is 10.2 Å². The van der Waals surface area contributed by atoms with Crippen molar-refractivity contribution in [1.82, 2.24) is 20.4 Å². The lowest BCUT2D eigenvalue weighted by molar-refractivity contribution is -0.157. The fourth-order valence-electron chi connectivity index (χ4n) is 2.74. The third kappa shape index (κ3) is 4.30. The molecule has 1 aromatic carbocycles. The van der Waals surface area contributed by atoms with Gasteiger partial charge in [0.1, 0.15) is 5.82 Å². The molecule has 1 N–H and O–H groups in total. The summed E-state index contributed by atoms with van der Waals surface area (Å²) in [5, 5.41) is 9.23. The van der Waals surface area contributed by atoms with Crippen LogP contribution in [0.2, 0.25) is 0 Å². The lowest BCUT2D eigenvalue weighted by Crippen LogP contribution is -2.43. The molecule has 1 aliphatic rings. The number of hydrogen-bond acceptors (Lipinski definition) is 4. The van der Waals surface area contributed by atoms with Crippen molar-refractivity contribution in [3.8, 4) is 0 Å². The van der Waals surface area contributed by atoms with Gasteiger partial charge < -0.3 is 14.6 Å². The number of nitrogens with one attached hydrogen (secondary N) is 1. The second-order valence-corrected chi connectivity index (χ2v) is 5.99. The average Bonchev–Trinajstić information content (AvgIpc) is 3.12. The van der Waals surface area contributed by atoms with Gasteiger partial charge >= 0.3 is 18.1 Å². The number of halogens is 4. The van der Waals surface area contributed by atoms with E-state index in [1.165, 1.54) is 12.1 Å². The monoisotopic (exact) mass is 372 g/mol. The number of hydrogen-bond donors (Lipinski definition) is 1. The van der Waals surface area contributed by atoms with Gasteiger partial charge in [-0.05, 0) is 30.5 Å². The van der Waals surface area contributed by atoms with E-state index in [0.717, 1.165) is 5.56 Å². The molecular formula is C16H16F4N4O2. The maximum absolute atomic E-state index is 12.8. The SMILES string of the molecule is O=C(NCc1ccc(F)cc1)N1CCC(c2nnc(C(F)(F)F)o2)CC1. The van der Waals surface area contributed by atoms with Gasteiger partial charge in [-0.3, -0.25) is 0 Å². The lowest BCUT2D eigenvalue weighted by atomic mass is 9.97. The largest absolute Gasteiger partial charge is 0.470 e. The second kappa shape index (κ2) is 7.30. The van der Waals surface area contributed by atoms with Crippen molar-refractivity contribution in [3.63, 3.8) is 0 Å². The molecule has 2 heterocycles. The van der Waals surface area contributed by atoms with Crippen LogP contribution in [-0.4, -0.2) is 34.2 Å². The molecule has 1 saturated heterocycles. The fraction of sp³-hybridized carbons (Fsp3) is 0.438. The summed E-state index contributed by atoms with van der Waals surface area (Å²) in [6, 6.07) is 5.50. The van der Waals surface area contributed by atoms with E-state index in [9.17, 15) is 22.4 Å². The van der Waals surface area contributed by atoms with Crippen LogP contribution in [0.3, 0.4) is 0 Å². The number of amides is 2. The van der Waals surface area contributed by atoms with Crippen LogP contribution in [0.25, 0.3) is 0 Å². The molecule has 1 aromatic heterocycles. The van der Waals surface area contributed by atoms with Gasteiger partial charge in [-0.2, -0.15) is 13.2 Å². The number of benzene rings is 1. The van der Waals surface area contributed by atoms with Gasteiger partial charge in [0.25, 0.3) is 0 Å². The predicted octanol–water partition coefficient (Wildman–Crippen LogP) is 3.32. The van der Waals surface area contributed by atoms with Crippen LogP contribution in [0.4, 0.5) is 22.4 Å². The van der Waals surface area contributed by atoms with Crippen molar-refractivity contribution in [2.75, 3.05) is 13.1 Å². The first-order valence-corrected chi connectivity index (χ1v) is 8.01. The van der Waals surface area contributed by atoms with Gasteiger partial charge in [0, 0.05) is 25.6 Å². The van der Waals surface area contributed by atoms with Gasteiger partial charge in [0.05, 0.1) is 0 Å². The van der Waals surface area contributed by atoms with Crippen molar-refractivity contribution in [1.29, 1.82) is 0 Å². The van der Waals surface area contributed by atoms with E-state index in [1.807, 2.05) is 0 Å². The molecule has 2 aromatic rings. The Balaban J connectivity index is 1.49. The Labute approximate surface area is 146 Å². The van der Waals surface area contributed by atoms with Crippen LogP contribution in [0, 0.1) is 5.82 Å². The van der Waals surface area contributed by atoms with Crippen LogP contribution >= 0.6 is 0 Å². The smallest absolute Gasteiger partial charge is 0.417 e. The zero-order valence-corrected chi connectivity index (χ0v) is 13.6. The fourth-order valence-corrected chi connectivity index (χ4v) is 2.74. The Morgan fingerprint density at radius 1 is 1.19 bits per heavy atom. The summed E-state index contributed by atoms with van der Waals surface area (Å²) in [6.07, 6.45) is -3.79. The molecule has 1 aliphatic heterocycles. The number of aromatic nitrogens is 2. The molecule has 140 valence electrons. The van der Waals surface area contributed by atoms with Crippen molar-refractivity contribution in [2.24, 2.45) is 0 Å². The Morgan fingerprint density at radius 3 is 2.42 bits per heavy atom. The number of piperidine rings is 1. The average molecular weight is 372 g/mol. The Kier molecular flexibility index (Phi) is 5.10. The molecule has 0 spiro atoms. The molecule has 2 amide bonds. The number of urea groups is 1. The Hall–Kier alpha value is -2.65. The zero-order valence-electron chi connectivity index (χ0n) is 13.6. The van der Waals surface area contributed by atoms with E-state index in [-0.39, 0.29) is 30.2 Å². The molecule has 3 rings (SSSR count). The third-order valence-electron chi connectivity index (χ3n) is 4.17. The van der Waals surface area contributed by atoms with Crippen molar-refractivity contribution in [3.05, 3.63) is 47.4 Å². The zero-order chi connectivity index (χ0) is 18.7. The molecular weight excluding hydrogens is 356 g/mol. The number of likely N-dealkylation sites (tertiary alicyclic amines) is 1. The molecule has 1 fully saturated rings. The van der Waals surface area contributed by atoms with Gasteiger partial charge in [-0.25, -0.2) is 9.18 Å². The van der Waals surface area contributed by atoms with E-state index in [4.69, 9.17) is 4.42 Å². The van der Waals surface area contributed by atoms with E-state index in [2.05, 4.69) is 15.5 Å².